The van der Waals surface area contributed by atoms with Crippen molar-refractivity contribution in [1.29, 1.82) is 5.26 Å². The lowest BCUT2D eigenvalue weighted by atomic mass is 10.1. The van der Waals surface area contributed by atoms with Crippen LogP contribution in [0.1, 0.15) is 32.7 Å². The molecule has 1 aromatic heterocycles. The number of aromatic nitrogens is 1. The molecule has 3 aromatic rings. The Kier molecular flexibility index (Phi) is 3.82. The van der Waals surface area contributed by atoms with Crippen LogP contribution >= 0.6 is 0 Å². The first-order chi connectivity index (χ1) is 12.7. The summed E-state index contributed by atoms with van der Waals surface area (Å²) in [5, 5.41) is 14.8. The first-order valence-electron chi connectivity index (χ1n) is 8.17. The first kappa shape index (κ1) is 15.8. The fourth-order valence-electron chi connectivity index (χ4n) is 3.13. The summed E-state index contributed by atoms with van der Waals surface area (Å²) in [6, 6.07) is 16.6. The van der Waals surface area contributed by atoms with Crippen molar-refractivity contribution >= 4 is 28.9 Å². The second kappa shape index (κ2) is 6.30. The number of carbonyl (C=O) groups is 2. The SMILES string of the molecule is N#CCCn1cc(/C=N\N2C(=O)c3ccccc3C2=O)c2ccccc21. The van der Waals surface area contributed by atoms with E-state index in [2.05, 4.69) is 11.2 Å². The van der Waals surface area contributed by atoms with Crippen molar-refractivity contribution in [3.8, 4) is 6.07 Å². The minimum absolute atomic E-state index is 0.367. The summed E-state index contributed by atoms with van der Waals surface area (Å²) in [5.41, 5.74) is 2.50. The Balaban J connectivity index is 1.69. The molecule has 0 aliphatic carbocycles. The van der Waals surface area contributed by atoms with Gasteiger partial charge in [-0.2, -0.15) is 15.4 Å². The second-order valence-electron chi connectivity index (χ2n) is 5.92. The topological polar surface area (TPSA) is 78.5 Å². The van der Waals surface area contributed by atoms with E-state index in [4.69, 9.17) is 5.26 Å². The third-order valence-electron chi connectivity index (χ3n) is 4.37. The van der Waals surface area contributed by atoms with E-state index in [-0.39, 0.29) is 0 Å². The van der Waals surface area contributed by atoms with E-state index >= 15 is 0 Å². The molecule has 0 unspecified atom stereocenters. The molecule has 6 heteroatoms. The Morgan fingerprint density at radius 3 is 2.35 bits per heavy atom. The molecule has 4 rings (SSSR count). The van der Waals surface area contributed by atoms with E-state index in [1.807, 2.05) is 35.0 Å². The van der Waals surface area contributed by atoms with Crippen molar-refractivity contribution in [2.45, 2.75) is 13.0 Å². The lowest BCUT2D eigenvalue weighted by Crippen LogP contribution is -2.23. The maximum atomic E-state index is 12.4. The Labute approximate surface area is 149 Å². The summed E-state index contributed by atoms with van der Waals surface area (Å²) in [7, 11) is 0. The summed E-state index contributed by atoms with van der Waals surface area (Å²) in [6.45, 7) is 0.567. The fourth-order valence-corrected chi connectivity index (χ4v) is 3.13. The zero-order chi connectivity index (χ0) is 18.1. The van der Waals surface area contributed by atoms with Gasteiger partial charge >= 0.3 is 0 Å². The highest BCUT2D eigenvalue weighted by Crippen LogP contribution is 2.24. The van der Waals surface area contributed by atoms with Crippen molar-refractivity contribution in [1.82, 2.24) is 9.58 Å². The third kappa shape index (κ3) is 2.47. The van der Waals surface area contributed by atoms with Gasteiger partial charge in [-0.15, -0.1) is 0 Å². The number of para-hydroxylation sites is 1. The molecule has 0 fully saturated rings. The minimum atomic E-state index is -0.421. The van der Waals surface area contributed by atoms with Crippen molar-refractivity contribution in [2.75, 3.05) is 0 Å². The predicted molar refractivity (Wildman–Crippen MR) is 96.7 cm³/mol. The summed E-state index contributed by atoms with van der Waals surface area (Å²) in [5.74, 6) is -0.842. The molecule has 6 nitrogen and oxygen atoms in total. The van der Waals surface area contributed by atoms with Gasteiger partial charge in [0.25, 0.3) is 11.8 Å². The van der Waals surface area contributed by atoms with Crippen LogP contribution in [-0.2, 0) is 6.54 Å². The van der Waals surface area contributed by atoms with E-state index in [1.165, 1.54) is 6.21 Å². The van der Waals surface area contributed by atoms with Crippen molar-refractivity contribution < 1.29 is 9.59 Å². The summed E-state index contributed by atoms with van der Waals surface area (Å²) in [4.78, 5) is 24.8. The molecule has 2 heterocycles. The number of hydrazone groups is 1. The van der Waals surface area contributed by atoms with Gasteiger partial charge < -0.3 is 4.57 Å². The van der Waals surface area contributed by atoms with Gasteiger partial charge in [0.05, 0.1) is 29.8 Å². The van der Waals surface area contributed by atoms with Crippen molar-refractivity contribution in [2.24, 2.45) is 5.10 Å². The van der Waals surface area contributed by atoms with Crippen molar-refractivity contribution in [3.63, 3.8) is 0 Å². The molecular weight excluding hydrogens is 328 g/mol. The van der Waals surface area contributed by atoms with Gasteiger partial charge in [-0.1, -0.05) is 30.3 Å². The third-order valence-corrected chi connectivity index (χ3v) is 4.37. The number of nitriles is 1. The molecule has 0 spiro atoms. The van der Waals surface area contributed by atoms with Gasteiger partial charge in [0.15, 0.2) is 0 Å². The van der Waals surface area contributed by atoms with Crippen LogP contribution in [0.15, 0.2) is 59.8 Å². The average Bonchev–Trinajstić information content (AvgIpc) is 3.15. The average molecular weight is 342 g/mol. The van der Waals surface area contributed by atoms with Gasteiger partial charge in [0.2, 0.25) is 0 Å². The van der Waals surface area contributed by atoms with Gasteiger partial charge in [0, 0.05) is 29.2 Å². The molecule has 2 aromatic carbocycles. The largest absolute Gasteiger partial charge is 0.346 e. The molecule has 126 valence electrons. The normalized spacial score (nSPS) is 13.6. The Hall–Kier alpha value is -3.72. The Bertz CT molecular complexity index is 1070. The lowest BCUT2D eigenvalue weighted by Gasteiger charge is -2.04. The molecular formula is C20H14N4O2. The number of imide groups is 1. The van der Waals surface area contributed by atoms with Crippen LogP contribution in [-0.4, -0.2) is 27.6 Å². The molecule has 0 saturated heterocycles. The van der Waals surface area contributed by atoms with Gasteiger partial charge in [-0.25, -0.2) is 0 Å². The molecule has 0 atom stereocenters. The number of carbonyl (C=O) groups excluding carboxylic acids is 2. The molecule has 1 aliphatic rings. The van der Waals surface area contributed by atoms with Gasteiger partial charge in [-0.3, -0.25) is 9.59 Å². The summed E-state index contributed by atoms with van der Waals surface area (Å²) >= 11 is 0. The standard InChI is InChI=1S/C20H14N4O2/c21-10-5-11-23-13-14(15-6-3-4-9-18(15)23)12-22-24-19(25)16-7-1-2-8-17(16)20(24)26/h1-4,6-9,12-13H,5,11H2/b22-12-. The highest BCUT2D eigenvalue weighted by atomic mass is 16.2. The number of rotatable bonds is 4. The second-order valence-corrected chi connectivity index (χ2v) is 5.92. The Morgan fingerprint density at radius 2 is 1.65 bits per heavy atom. The summed E-state index contributed by atoms with van der Waals surface area (Å²) in [6.07, 6.45) is 3.80. The van der Waals surface area contributed by atoms with Crippen LogP contribution in [0, 0.1) is 11.3 Å². The van der Waals surface area contributed by atoms with Crippen LogP contribution in [0.3, 0.4) is 0 Å². The van der Waals surface area contributed by atoms with E-state index in [9.17, 15) is 9.59 Å². The Morgan fingerprint density at radius 1 is 1.00 bits per heavy atom. The van der Waals surface area contributed by atoms with Crippen molar-refractivity contribution in [3.05, 3.63) is 71.4 Å². The number of nitrogens with zero attached hydrogens (tertiary/aromatic N) is 4. The number of fused-ring (bicyclic) bond motifs is 2. The van der Waals surface area contributed by atoms with Crippen LogP contribution in [0.4, 0.5) is 0 Å². The molecule has 26 heavy (non-hydrogen) atoms. The van der Waals surface area contributed by atoms with E-state index in [1.54, 1.807) is 24.3 Å². The molecule has 0 saturated carbocycles. The van der Waals surface area contributed by atoms with Gasteiger partial charge in [0.1, 0.15) is 0 Å². The molecule has 1 aliphatic heterocycles. The summed E-state index contributed by atoms with van der Waals surface area (Å²) < 4.78 is 1.97. The number of hydrogen-bond donors (Lipinski definition) is 0. The quantitative estimate of drug-likeness (QED) is 0.539. The van der Waals surface area contributed by atoms with Crippen LogP contribution in [0.5, 0.6) is 0 Å². The van der Waals surface area contributed by atoms with Gasteiger partial charge in [-0.05, 0) is 18.2 Å². The van der Waals surface area contributed by atoms with E-state index in [0.29, 0.717) is 24.1 Å². The number of hydrogen-bond acceptors (Lipinski definition) is 4. The zero-order valence-corrected chi connectivity index (χ0v) is 13.8. The molecule has 0 radical (unpaired) electrons. The van der Waals surface area contributed by atoms with E-state index < -0.39 is 11.8 Å². The highest BCUT2D eigenvalue weighted by Gasteiger charge is 2.35. The monoisotopic (exact) mass is 342 g/mol. The molecule has 0 bridgehead atoms. The molecule has 0 N–H and O–H groups in total. The smallest absolute Gasteiger partial charge is 0.282 e. The highest BCUT2D eigenvalue weighted by molar-refractivity contribution is 6.21. The molecule has 2 amide bonds. The lowest BCUT2D eigenvalue weighted by molar-refractivity contribution is 0.0660. The van der Waals surface area contributed by atoms with Crippen LogP contribution in [0.25, 0.3) is 10.9 Å². The maximum Gasteiger partial charge on any atom is 0.282 e. The number of benzene rings is 2. The van der Waals surface area contributed by atoms with Crippen LogP contribution in [0.2, 0.25) is 0 Å². The predicted octanol–water partition coefficient (Wildman–Crippen LogP) is 3.19. The zero-order valence-electron chi connectivity index (χ0n) is 13.8. The van der Waals surface area contributed by atoms with E-state index in [0.717, 1.165) is 21.5 Å². The van der Waals surface area contributed by atoms with Crippen LogP contribution < -0.4 is 0 Å². The fraction of sp³-hybridized carbons (Fsp3) is 0.100. The number of amides is 2. The minimum Gasteiger partial charge on any atom is -0.346 e. The maximum absolute atomic E-state index is 12.4. The number of aryl methyl sites for hydroxylation is 1. The first-order valence-corrected chi connectivity index (χ1v) is 8.17.